The van der Waals surface area contributed by atoms with E-state index < -0.39 is 5.92 Å². The van der Waals surface area contributed by atoms with Crippen LogP contribution in [-0.4, -0.2) is 73.3 Å². The van der Waals surface area contributed by atoms with Crippen molar-refractivity contribution >= 4 is 17.8 Å². The van der Waals surface area contributed by atoms with E-state index >= 15 is 0 Å². The molecule has 2 rings (SSSR count). The number of allylic oxidation sites excluding steroid dienone is 2. The minimum atomic E-state index is -0.521. The highest BCUT2D eigenvalue weighted by Crippen LogP contribution is 2.24. The van der Waals surface area contributed by atoms with Crippen LogP contribution >= 0.6 is 0 Å². The first kappa shape index (κ1) is 31.2. The van der Waals surface area contributed by atoms with Crippen LogP contribution in [0, 0.1) is 11.8 Å². The van der Waals surface area contributed by atoms with Crippen LogP contribution < -0.4 is 5.32 Å². The number of esters is 1. The molecule has 0 bridgehead atoms. The maximum atomic E-state index is 13.4. The predicted molar refractivity (Wildman–Crippen MR) is 147 cm³/mol. The summed E-state index contributed by atoms with van der Waals surface area (Å²) in [7, 11) is 0. The van der Waals surface area contributed by atoms with Gasteiger partial charge in [-0.2, -0.15) is 0 Å². The molecule has 2 amide bonds. The van der Waals surface area contributed by atoms with Gasteiger partial charge in [0.2, 0.25) is 11.8 Å². The van der Waals surface area contributed by atoms with Gasteiger partial charge in [0, 0.05) is 19.5 Å². The summed E-state index contributed by atoms with van der Waals surface area (Å²) in [5.74, 6) is -1.35. The highest BCUT2D eigenvalue weighted by Gasteiger charge is 2.34. The van der Waals surface area contributed by atoms with Crippen molar-refractivity contribution in [3.05, 3.63) is 61.2 Å². The summed E-state index contributed by atoms with van der Waals surface area (Å²) in [5.41, 5.74) is 1.09. The van der Waals surface area contributed by atoms with E-state index in [0.717, 1.165) is 31.2 Å². The highest BCUT2D eigenvalue weighted by molar-refractivity contribution is 5.86. The maximum absolute atomic E-state index is 13.4. The Morgan fingerprint density at radius 2 is 1.92 bits per heavy atom. The molecule has 210 valence electrons. The van der Waals surface area contributed by atoms with Crippen LogP contribution in [-0.2, 0) is 30.3 Å². The molecule has 3 unspecified atom stereocenters. The lowest BCUT2D eigenvalue weighted by atomic mass is 9.94. The Labute approximate surface area is 227 Å². The van der Waals surface area contributed by atoms with Gasteiger partial charge >= 0.3 is 5.97 Å². The largest absolute Gasteiger partial charge is 0.463 e. The number of carbonyl (C=O) groups excluding carboxylic acids is 3. The van der Waals surface area contributed by atoms with E-state index in [9.17, 15) is 14.4 Å². The summed E-state index contributed by atoms with van der Waals surface area (Å²) in [5, 5.41) is 11.5. The molecule has 3 atom stereocenters. The number of amides is 2. The Balaban J connectivity index is 1.93. The number of hydrogen-bond donors (Lipinski definition) is 2. The topological polar surface area (TPSA) is 105 Å². The highest BCUT2D eigenvalue weighted by atomic mass is 16.5. The van der Waals surface area contributed by atoms with Crippen molar-refractivity contribution in [2.75, 3.05) is 39.5 Å². The summed E-state index contributed by atoms with van der Waals surface area (Å²) < 4.78 is 10.9. The lowest BCUT2D eigenvalue weighted by molar-refractivity contribution is -0.152. The fourth-order valence-electron chi connectivity index (χ4n) is 4.74. The molecule has 0 aliphatic carbocycles. The fraction of sp³-hybridized carbons (Fsp3) is 0.567. The van der Waals surface area contributed by atoms with Crippen molar-refractivity contribution in [2.45, 2.75) is 57.4 Å². The average Bonchev–Trinajstić information content (AvgIpc) is 3.40. The van der Waals surface area contributed by atoms with Gasteiger partial charge < -0.3 is 24.8 Å². The van der Waals surface area contributed by atoms with Crippen molar-refractivity contribution in [3.8, 4) is 0 Å². The smallest absolute Gasteiger partial charge is 0.309 e. The first-order valence-corrected chi connectivity index (χ1v) is 13.7. The molecule has 2 N–H and O–H groups in total. The van der Waals surface area contributed by atoms with Crippen LogP contribution in [0.4, 0.5) is 0 Å². The van der Waals surface area contributed by atoms with Gasteiger partial charge in [0.05, 0.1) is 37.7 Å². The van der Waals surface area contributed by atoms with Crippen molar-refractivity contribution < 1.29 is 29.0 Å². The van der Waals surface area contributed by atoms with Gasteiger partial charge in [0.1, 0.15) is 6.61 Å². The van der Waals surface area contributed by atoms with Crippen LogP contribution in [0.3, 0.4) is 0 Å². The zero-order chi connectivity index (χ0) is 27.6. The van der Waals surface area contributed by atoms with E-state index in [4.69, 9.17) is 14.6 Å². The van der Waals surface area contributed by atoms with Gasteiger partial charge in [-0.25, -0.2) is 0 Å². The molecule has 8 nitrogen and oxygen atoms in total. The van der Waals surface area contributed by atoms with E-state index in [1.165, 1.54) is 0 Å². The first-order valence-electron chi connectivity index (χ1n) is 13.7. The van der Waals surface area contributed by atoms with E-state index in [-0.39, 0.29) is 56.0 Å². The molecule has 1 aliphatic heterocycles. The number of aliphatic hydroxyl groups is 1. The lowest BCUT2D eigenvalue weighted by Crippen LogP contribution is -2.43. The van der Waals surface area contributed by atoms with Crippen molar-refractivity contribution in [2.24, 2.45) is 11.8 Å². The molecule has 1 aromatic carbocycles. The van der Waals surface area contributed by atoms with E-state index in [0.29, 0.717) is 39.0 Å². The van der Waals surface area contributed by atoms with Crippen molar-refractivity contribution in [1.29, 1.82) is 0 Å². The molecule has 38 heavy (non-hydrogen) atoms. The number of likely N-dealkylation sites (tertiary alicyclic amines) is 1. The maximum Gasteiger partial charge on any atom is 0.309 e. The molecule has 1 heterocycles. The number of ether oxygens (including phenoxy) is 2. The number of benzene rings is 1. The summed E-state index contributed by atoms with van der Waals surface area (Å²) in [4.78, 5) is 40.6. The zero-order valence-electron chi connectivity index (χ0n) is 22.5. The van der Waals surface area contributed by atoms with Crippen LogP contribution in [0.5, 0.6) is 0 Å². The number of aliphatic hydroxyl groups excluding tert-OH is 1. The SMILES string of the molecule is C=CCCCC(Cc1ccccc1)C(=O)OCC1CCCN1C(=O)C(CC=C)CC(=O)NCCOCCO. The molecule has 0 radical (unpaired) electrons. The summed E-state index contributed by atoms with van der Waals surface area (Å²) in [6, 6.07) is 9.73. The van der Waals surface area contributed by atoms with Gasteiger partial charge in [-0.1, -0.05) is 42.5 Å². The van der Waals surface area contributed by atoms with Crippen LogP contribution in [0.15, 0.2) is 55.6 Å². The number of unbranched alkanes of at least 4 members (excludes halogenated alkanes) is 1. The second kappa shape index (κ2) is 18.3. The third-order valence-corrected chi connectivity index (χ3v) is 6.73. The van der Waals surface area contributed by atoms with Gasteiger partial charge in [-0.05, 0) is 50.5 Å². The molecule has 1 fully saturated rings. The molecule has 0 spiro atoms. The number of nitrogens with zero attached hydrogens (tertiary/aromatic N) is 1. The van der Waals surface area contributed by atoms with Gasteiger partial charge in [-0.3, -0.25) is 14.4 Å². The molecular formula is C30H44N2O6. The van der Waals surface area contributed by atoms with E-state index in [1.54, 1.807) is 11.0 Å². The summed E-state index contributed by atoms with van der Waals surface area (Å²) in [6.45, 7) is 9.02. The first-order chi connectivity index (χ1) is 18.5. The Morgan fingerprint density at radius 1 is 1.13 bits per heavy atom. The third kappa shape index (κ3) is 11.2. The number of carbonyl (C=O) groups is 3. The quantitative estimate of drug-likeness (QED) is 0.162. The third-order valence-electron chi connectivity index (χ3n) is 6.73. The predicted octanol–water partition coefficient (Wildman–Crippen LogP) is 3.44. The normalized spacial score (nSPS) is 16.4. The summed E-state index contributed by atoms with van der Waals surface area (Å²) >= 11 is 0. The molecule has 1 aromatic rings. The van der Waals surface area contributed by atoms with Crippen LogP contribution in [0.1, 0.15) is 50.5 Å². The second-order valence-corrected chi connectivity index (χ2v) is 9.68. The molecule has 8 heteroatoms. The Kier molecular flexibility index (Phi) is 15.1. The van der Waals surface area contributed by atoms with Crippen molar-refractivity contribution in [1.82, 2.24) is 10.2 Å². The minimum Gasteiger partial charge on any atom is -0.463 e. The Bertz CT molecular complexity index is 875. The minimum absolute atomic E-state index is 0.0519. The van der Waals surface area contributed by atoms with Gasteiger partial charge in [0.15, 0.2) is 0 Å². The van der Waals surface area contributed by atoms with Gasteiger partial charge in [0.25, 0.3) is 0 Å². The average molecular weight is 529 g/mol. The number of hydrogen-bond acceptors (Lipinski definition) is 6. The fourth-order valence-corrected chi connectivity index (χ4v) is 4.74. The standard InChI is InChI=1S/C30H44N2O6/c1-3-5-7-14-26(21-24-12-8-6-9-13-24)30(36)38-23-27-15-10-17-32(27)29(35)25(11-4-2)22-28(34)31-16-19-37-20-18-33/h3-4,6,8-9,12-13,25-27,33H,1-2,5,7,10-11,14-23H2,(H,31,34). The van der Waals surface area contributed by atoms with Crippen LogP contribution in [0.2, 0.25) is 0 Å². The Hall–Kier alpha value is -2.97. The summed E-state index contributed by atoms with van der Waals surface area (Å²) in [6.07, 6.45) is 8.58. The number of nitrogens with one attached hydrogen (secondary N) is 1. The second-order valence-electron chi connectivity index (χ2n) is 9.68. The molecule has 0 saturated carbocycles. The van der Waals surface area contributed by atoms with E-state index in [2.05, 4.69) is 18.5 Å². The van der Waals surface area contributed by atoms with Crippen LogP contribution in [0.25, 0.3) is 0 Å². The van der Waals surface area contributed by atoms with Crippen molar-refractivity contribution in [3.63, 3.8) is 0 Å². The zero-order valence-corrected chi connectivity index (χ0v) is 22.5. The Morgan fingerprint density at radius 3 is 2.63 bits per heavy atom. The molecule has 1 saturated heterocycles. The number of rotatable bonds is 19. The monoisotopic (exact) mass is 528 g/mol. The molecule has 1 aliphatic rings. The lowest BCUT2D eigenvalue weighted by Gasteiger charge is -2.28. The van der Waals surface area contributed by atoms with E-state index in [1.807, 2.05) is 36.4 Å². The molecule has 0 aromatic heterocycles. The van der Waals surface area contributed by atoms with Gasteiger partial charge in [-0.15, -0.1) is 13.2 Å². The molecular weight excluding hydrogens is 484 g/mol.